The van der Waals surface area contributed by atoms with Crippen molar-refractivity contribution >= 4 is 17.5 Å². The van der Waals surface area contributed by atoms with Crippen molar-refractivity contribution in [1.82, 2.24) is 9.80 Å². The number of non-ortho nitro benzene ring substituents is 1. The van der Waals surface area contributed by atoms with E-state index < -0.39 is 5.60 Å². The Kier molecular flexibility index (Phi) is 7.62. The van der Waals surface area contributed by atoms with Crippen LogP contribution in [0.25, 0.3) is 0 Å². The average Bonchev–Trinajstić information content (AvgIpc) is 2.64. The standard InChI is InChI=1S/C20H32N4O4/c1-20(2,3)28-19(25)21(4)10-5-6-11-22-12-14-23(15-13-22)17-8-7-9-18(16-17)24(26)27/h7-9,16H,5-6,10-15H2,1-4H3. The van der Waals surface area contributed by atoms with Gasteiger partial charge in [0.1, 0.15) is 5.60 Å². The molecule has 0 radical (unpaired) electrons. The number of hydrogen-bond donors (Lipinski definition) is 0. The van der Waals surface area contributed by atoms with Gasteiger partial charge in [0.05, 0.1) is 4.92 Å². The number of amides is 1. The van der Waals surface area contributed by atoms with Gasteiger partial charge in [-0.3, -0.25) is 15.0 Å². The summed E-state index contributed by atoms with van der Waals surface area (Å²) in [5.41, 5.74) is 0.575. The molecule has 1 fully saturated rings. The first kappa shape index (κ1) is 21.9. The van der Waals surface area contributed by atoms with Gasteiger partial charge in [0.25, 0.3) is 5.69 Å². The summed E-state index contributed by atoms with van der Waals surface area (Å²) in [6.45, 7) is 10.9. The highest BCUT2D eigenvalue weighted by molar-refractivity contribution is 5.67. The van der Waals surface area contributed by atoms with Crippen LogP contribution in [0, 0.1) is 10.1 Å². The van der Waals surface area contributed by atoms with Gasteiger partial charge >= 0.3 is 6.09 Å². The molecule has 0 bridgehead atoms. The van der Waals surface area contributed by atoms with Crippen LogP contribution in [0.4, 0.5) is 16.2 Å². The largest absolute Gasteiger partial charge is 0.444 e. The molecule has 1 aliphatic heterocycles. The van der Waals surface area contributed by atoms with Crippen LogP contribution < -0.4 is 4.90 Å². The van der Waals surface area contributed by atoms with Crippen LogP contribution in [0.15, 0.2) is 24.3 Å². The second-order valence-electron chi connectivity index (χ2n) is 8.21. The zero-order valence-corrected chi connectivity index (χ0v) is 17.4. The lowest BCUT2D eigenvalue weighted by Crippen LogP contribution is -2.46. The van der Waals surface area contributed by atoms with Crippen LogP contribution in [0.3, 0.4) is 0 Å². The van der Waals surface area contributed by atoms with Gasteiger partial charge in [0.2, 0.25) is 0 Å². The normalized spacial score (nSPS) is 15.4. The van der Waals surface area contributed by atoms with Crippen molar-refractivity contribution in [2.45, 2.75) is 39.2 Å². The van der Waals surface area contributed by atoms with Crippen molar-refractivity contribution < 1.29 is 14.5 Å². The molecular formula is C20H32N4O4. The van der Waals surface area contributed by atoms with Gasteiger partial charge < -0.3 is 14.5 Å². The average molecular weight is 393 g/mol. The number of nitro benzene ring substituents is 1. The van der Waals surface area contributed by atoms with Crippen LogP contribution in [0.1, 0.15) is 33.6 Å². The minimum absolute atomic E-state index is 0.133. The van der Waals surface area contributed by atoms with Crippen LogP contribution >= 0.6 is 0 Å². The van der Waals surface area contributed by atoms with E-state index in [0.29, 0.717) is 6.54 Å². The summed E-state index contributed by atoms with van der Waals surface area (Å²) >= 11 is 0. The molecule has 1 saturated heterocycles. The fourth-order valence-electron chi connectivity index (χ4n) is 3.15. The van der Waals surface area contributed by atoms with Gasteiger partial charge in [0, 0.05) is 57.6 Å². The Labute approximate surface area is 167 Å². The number of hydrogen-bond acceptors (Lipinski definition) is 6. The maximum Gasteiger partial charge on any atom is 0.410 e. The molecule has 1 aromatic carbocycles. The van der Waals surface area contributed by atoms with Crippen molar-refractivity contribution in [3.8, 4) is 0 Å². The topological polar surface area (TPSA) is 79.2 Å². The summed E-state index contributed by atoms with van der Waals surface area (Å²) in [6, 6.07) is 6.83. The molecule has 8 heteroatoms. The zero-order chi connectivity index (χ0) is 20.7. The molecule has 0 spiro atoms. The molecule has 1 heterocycles. The zero-order valence-electron chi connectivity index (χ0n) is 17.4. The summed E-state index contributed by atoms with van der Waals surface area (Å²) in [7, 11) is 1.77. The summed E-state index contributed by atoms with van der Waals surface area (Å²) in [5.74, 6) is 0. The number of anilines is 1. The first-order valence-electron chi connectivity index (χ1n) is 9.81. The number of ether oxygens (including phenoxy) is 1. The second kappa shape index (κ2) is 9.73. The Morgan fingerprint density at radius 3 is 2.50 bits per heavy atom. The Bertz CT molecular complexity index is 666. The van der Waals surface area contributed by atoms with Crippen molar-refractivity contribution in [1.29, 1.82) is 0 Å². The van der Waals surface area contributed by atoms with E-state index >= 15 is 0 Å². The van der Waals surface area contributed by atoms with E-state index in [1.165, 1.54) is 6.07 Å². The minimum atomic E-state index is -0.468. The van der Waals surface area contributed by atoms with Crippen molar-refractivity contribution in [2.75, 3.05) is 51.2 Å². The lowest BCUT2D eigenvalue weighted by atomic mass is 10.2. The van der Waals surface area contributed by atoms with E-state index in [4.69, 9.17) is 4.74 Å². The van der Waals surface area contributed by atoms with Crippen molar-refractivity contribution in [2.24, 2.45) is 0 Å². The number of benzene rings is 1. The molecule has 0 N–H and O–H groups in total. The van der Waals surface area contributed by atoms with Crippen molar-refractivity contribution in [3.05, 3.63) is 34.4 Å². The highest BCUT2D eigenvalue weighted by Crippen LogP contribution is 2.22. The highest BCUT2D eigenvalue weighted by Gasteiger charge is 2.20. The maximum absolute atomic E-state index is 11.9. The molecule has 0 saturated carbocycles. The molecular weight excluding hydrogens is 360 g/mol. The molecule has 1 amide bonds. The smallest absolute Gasteiger partial charge is 0.410 e. The quantitative estimate of drug-likeness (QED) is 0.402. The molecule has 156 valence electrons. The summed E-state index contributed by atoms with van der Waals surface area (Å²) < 4.78 is 5.35. The third-order valence-corrected chi connectivity index (χ3v) is 4.70. The summed E-state index contributed by atoms with van der Waals surface area (Å²) in [6.07, 6.45) is 1.67. The van der Waals surface area contributed by atoms with Gasteiger partial charge in [-0.25, -0.2) is 4.79 Å². The SMILES string of the molecule is CN(CCCCN1CCN(c2cccc([N+](=O)[O-])c2)CC1)C(=O)OC(C)(C)C. The maximum atomic E-state index is 11.9. The van der Waals surface area contributed by atoms with E-state index in [0.717, 1.165) is 51.3 Å². The number of carbonyl (C=O) groups excluding carboxylic acids is 1. The van der Waals surface area contributed by atoms with E-state index in [1.807, 2.05) is 26.8 Å². The fraction of sp³-hybridized carbons (Fsp3) is 0.650. The lowest BCUT2D eigenvalue weighted by Gasteiger charge is -2.36. The van der Waals surface area contributed by atoms with E-state index in [-0.39, 0.29) is 16.7 Å². The number of carbonyl (C=O) groups is 1. The monoisotopic (exact) mass is 392 g/mol. The lowest BCUT2D eigenvalue weighted by molar-refractivity contribution is -0.384. The van der Waals surface area contributed by atoms with Crippen LogP contribution in [-0.2, 0) is 4.74 Å². The minimum Gasteiger partial charge on any atom is -0.444 e. The van der Waals surface area contributed by atoms with Crippen LogP contribution in [-0.4, -0.2) is 72.7 Å². The molecule has 1 aromatic rings. The number of unbranched alkanes of at least 4 members (excludes halogenated alkanes) is 1. The first-order chi connectivity index (χ1) is 13.2. The fourth-order valence-corrected chi connectivity index (χ4v) is 3.15. The Morgan fingerprint density at radius 1 is 1.21 bits per heavy atom. The third-order valence-electron chi connectivity index (χ3n) is 4.70. The van der Waals surface area contributed by atoms with Gasteiger partial charge in [-0.15, -0.1) is 0 Å². The second-order valence-corrected chi connectivity index (χ2v) is 8.21. The molecule has 1 aliphatic rings. The van der Waals surface area contributed by atoms with Gasteiger partial charge in [-0.2, -0.15) is 0 Å². The van der Waals surface area contributed by atoms with Gasteiger partial charge in [0.15, 0.2) is 0 Å². The number of piperazine rings is 1. The predicted molar refractivity (Wildman–Crippen MR) is 110 cm³/mol. The molecule has 28 heavy (non-hydrogen) atoms. The van der Waals surface area contributed by atoms with Crippen LogP contribution in [0.2, 0.25) is 0 Å². The number of nitrogens with zero attached hydrogens (tertiary/aromatic N) is 4. The van der Waals surface area contributed by atoms with Gasteiger partial charge in [-0.05, 0) is 46.2 Å². The van der Waals surface area contributed by atoms with E-state index in [2.05, 4.69) is 9.80 Å². The molecule has 0 aromatic heterocycles. The Hall–Kier alpha value is -2.35. The first-order valence-corrected chi connectivity index (χ1v) is 9.81. The van der Waals surface area contributed by atoms with Gasteiger partial charge in [-0.1, -0.05) is 6.07 Å². The summed E-state index contributed by atoms with van der Waals surface area (Å²) in [5, 5.41) is 10.9. The molecule has 2 rings (SSSR count). The van der Waals surface area contributed by atoms with E-state index in [9.17, 15) is 14.9 Å². The third kappa shape index (κ3) is 6.99. The van der Waals surface area contributed by atoms with E-state index in [1.54, 1.807) is 24.1 Å². The Morgan fingerprint density at radius 2 is 1.89 bits per heavy atom. The molecule has 0 aliphatic carbocycles. The molecule has 0 atom stereocenters. The summed E-state index contributed by atoms with van der Waals surface area (Å²) in [4.78, 5) is 28.8. The van der Waals surface area contributed by atoms with Crippen LogP contribution in [0.5, 0.6) is 0 Å². The van der Waals surface area contributed by atoms with Crippen molar-refractivity contribution in [3.63, 3.8) is 0 Å². The number of rotatable bonds is 7. The predicted octanol–water partition coefficient (Wildman–Crippen LogP) is 3.36. The molecule has 0 unspecified atom stereocenters. The highest BCUT2D eigenvalue weighted by atomic mass is 16.6. The number of nitro groups is 1. The molecule has 8 nitrogen and oxygen atoms in total. The Balaban J connectivity index is 1.67.